The quantitative estimate of drug-likeness (QED) is 0.489. The SMILES string of the molecule is O=C(COC(=O)c1ccccc1C(=O)c1cccs1)NCc1ccccc1F. The zero-order valence-electron chi connectivity index (χ0n) is 14.7. The first-order valence-corrected chi connectivity index (χ1v) is 9.28. The molecule has 0 saturated heterocycles. The summed E-state index contributed by atoms with van der Waals surface area (Å²) in [7, 11) is 0. The summed E-state index contributed by atoms with van der Waals surface area (Å²) in [5.74, 6) is -2.06. The summed E-state index contributed by atoms with van der Waals surface area (Å²) in [5.41, 5.74) is 0.624. The lowest BCUT2D eigenvalue weighted by atomic mass is 10.0. The molecule has 7 heteroatoms. The van der Waals surface area contributed by atoms with E-state index in [1.807, 2.05) is 0 Å². The molecule has 0 bridgehead atoms. The van der Waals surface area contributed by atoms with Gasteiger partial charge in [-0.05, 0) is 23.6 Å². The first-order chi connectivity index (χ1) is 13.6. The van der Waals surface area contributed by atoms with Crippen LogP contribution in [-0.4, -0.2) is 24.3 Å². The molecular weight excluding hydrogens is 381 g/mol. The van der Waals surface area contributed by atoms with Crippen molar-refractivity contribution in [1.29, 1.82) is 0 Å². The third-order valence-corrected chi connectivity index (χ3v) is 4.77. The monoisotopic (exact) mass is 397 g/mol. The Balaban J connectivity index is 1.60. The zero-order chi connectivity index (χ0) is 19.9. The van der Waals surface area contributed by atoms with Crippen molar-refractivity contribution in [3.8, 4) is 0 Å². The van der Waals surface area contributed by atoms with E-state index in [0.717, 1.165) is 0 Å². The Bertz CT molecular complexity index is 1000. The number of carbonyl (C=O) groups is 3. The molecule has 28 heavy (non-hydrogen) atoms. The van der Waals surface area contributed by atoms with Crippen molar-refractivity contribution in [3.05, 3.63) is 93.4 Å². The number of amides is 1. The third kappa shape index (κ3) is 4.69. The molecule has 0 spiro atoms. The Morgan fingerprint density at radius 2 is 1.64 bits per heavy atom. The minimum Gasteiger partial charge on any atom is -0.452 e. The molecule has 142 valence electrons. The first-order valence-electron chi connectivity index (χ1n) is 8.40. The second kappa shape index (κ2) is 9.05. The van der Waals surface area contributed by atoms with E-state index < -0.39 is 24.3 Å². The van der Waals surface area contributed by atoms with Gasteiger partial charge in [0.05, 0.1) is 10.4 Å². The Kier molecular flexibility index (Phi) is 6.29. The van der Waals surface area contributed by atoms with E-state index in [9.17, 15) is 18.8 Å². The molecule has 0 aliphatic carbocycles. The maximum absolute atomic E-state index is 13.5. The maximum Gasteiger partial charge on any atom is 0.339 e. The summed E-state index contributed by atoms with van der Waals surface area (Å²) in [6, 6.07) is 15.8. The highest BCUT2D eigenvalue weighted by atomic mass is 32.1. The van der Waals surface area contributed by atoms with Gasteiger partial charge in [0.15, 0.2) is 6.61 Å². The predicted molar refractivity (Wildman–Crippen MR) is 103 cm³/mol. The van der Waals surface area contributed by atoms with Crippen molar-refractivity contribution in [3.63, 3.8) is 0 Å². The van der Waals surface area contributed by atoms with Crippen molar-refractivity contribution >= 4 is 29.0 Å². The van der Waals surface area contributed by atoms with Gasteiger partial charge in [0.2, 0.25) is 5.78 Å². The molecule has 0 aliphatic rings. The second-order valence-corrected chi connectivity index (χ2v) is 6.74. The van der Waals surface area contributed by atoms with Crippen LogP contribution in [0, 0.1) is 5.82 Å². The molecule has 1 amide bonds. The molecule has 0 radical (unpaired) electrons. The normalized spacial score (nSPS) is 10.3. The second-order valence-electron chi connectivity index (χ2n) is 5.80. The van der Waals surface area contributed by atoms with Gasteiger partial charge in [0, 0.05) is 17.7 Å². The molecule has 0 unspecified atom stereocenters. The molecule has 2 aromatic carbocycles. The van der Waals surface area contributed by atoms with Crippen LogP contribution in [0.2, 0.25) is 0 Å². The number of halogens is 1. The summed E-state index contributed by atoms with van der Waals surface area (Å²) in [4.78, 5) is 37.3. The molecule has 1 N–H and O–H groups in total. The fourth-order valence-corrected chi connectivity index (χ4v) is 3.17. The van der Waals surface area contributed by atoms with Gasteiger partial charge in [-0.15, -0.1) is 11.3 Å². The number of benzene rings is 2. The van der Waals surface area contributed by atoms with Gasteiger partial charge in [-0.2, -0.15) is 0 Å². The molecule has 3 aromatic rings. The number of rotatable bonds is 7. The molecular formula is C21H16FNO4S. The van der Waals surface area contributed by atoms with Crippen LogP contribution in [0.25, 0.3) is 0 Å². The zero-order valence-corrected chi connectivity index (χ0v) is 15.5. The fraction of sp³-hybridized carbons (Fsp3) is 0.0952. The van der Waals surface area contributed by atoms with E-state index in [1.165, 1.54) is 29.5 Å². The van der Waals surface area contributed by atoms with Gasteiger partial charge in [-0.25, -0.2) is 9.18 Å². The Hall–Kier alpha value is -3.32. The highest BCUT2D eigenvalue weighted by molar-refractivity contribution is 7.12. The van der Waals surface area contributed by atoms with E-state index in [2.05, 4.69) is 5.32 Å². The number of esters is 1. The van der Waals surface area contributed by atoms with Crippen LogP contribution in [0.15, 0.2) is 66.0 Å². The van der Waals surface area contributed by atoms with Crippen LogP contribution >= 0.6 is 11.3 Å². The van der Waals surface area contributed by atoms with Crippen LogP contribution < -0.4 is 5.32 Å². The average Bonchev–Trinajstić information content (AvgIpc) is 3.25. The summed E-state index contributed by atoms with van der Waals surface area (Å²) in [6.07, 6.45) is 0. The van der Waals surface area contributed by atoms with Crippen LogP contribution in [0.5, 0.6) is 0 Å². The number of hydrogen-bond donors (Lipinski definition) is 1. The lowest BCUT2D eigenvalue weighted by Crippen LogP contribution is -2.29. The highest BCUT2D eigenvalue weighted by Gasteiger charge is 2.20. The standard InChI is InChI=1S/C21H16FNO4S/c22-17-9-4-1-6-14(17)12-23-19(24)13-27-21(26)16-8-3-2-7-15(16)20(25)18-10-5-11-28-18/h1-11H,12-13H2,(H,23,24). The lowest BCUT2D eigenvalue weighted by molar-refractivity contribution is -0.124. The van der Waals surface area contributed by atoms with Crippen LogP contribution in [0.1, 0.15) is 31.2 Å². The van der Waals surface area contributed by atoms with E-state index in [0.29, 0.717) is 10.4 Å². The number of carbonyl (C=O) groups excluding carboxylic acids is 3. The Labute approximate surface area is 164 Å². The molecule has 3 rings (SSSR count). The number of nitrogens with one attached hydrogen (secondary N) is 1. The highest BCUT2D eigenvalue weighted by Crippen LogP contribution is 2.19. The van der Waals surface area contributed by atoms with Crippen LogP contribution in [0.4, 0.5) is 4.39 Å². The molecule has 1 heterocycles. The largest absolute Gasteiger partial charge is 0.452 e. The lowest BCUT2D eigenvalue weighted by Gasteiger charge is -2.09. The van der Waals surface area contributed by atoms with Gasteiger partial charge in [0.1, 0.15) is 5.82 Å². The summed E-state index contributed by atoms with van der Waals surface area (Å²) in [5, 5.41) is 4.26. The number of thiophene rings is 1. The Morgan fingerprint density at radius 3 is 2.36 bits per heavy atom. The molecule has 0 saturated carbocycles. The van der Waals surface area contributed by atoms with Gasteiger partial charge in [-0.1, -0.05) is 42.5 Å². The third-order valence-electron chi connectivity index (χ3n) is 3.90. The maximum atomic E-state index is 13.5. The molecule has 0 aliphatic heterocycles. The van der Waals surface area contributed by atoms with Gasteiger partial charge < -0.3 is 10.1 Å². The van der Waals surface area contributed by atoms with Gasteiger partial charge >= 0.3 is 5.97 Å². The fourth-order valence-electron chi connectivity index (χ4n) is 2.50. The minimum atomic E-state index is -0.776. The van der Waals surface area contributed by atoms with Crippen molar-refractivity contribution in [2.75, 3.05) is 6.61 Å². The van der Waals surface area contributed by atoms with E-state index in [-0.39, 0.29) is 23.5 Å². The topological polar surface area (TPSA) is 72.5 Å². The van der Waals surface area contributed by atoms with Gasteiger partial charge in [0.25, 0.3) is 5.91 Å². The van der Waals surface area contributed by atoms with Crippen molar-refractivity contribution in [2.24, 2.45) is 0 Å². The summed E-state index contributed by atoms with van der Waals surface area (Å²) < 4.78 is 18.6. The number of ether oxygens (including phenoxy) is 1. The molecule has 0 atom stereocenters. The smallest absolute Gasteiger partial charge is 0.339 e. The van der Waals surface area contributed by atoms with Gasteiger partial charge in [-0.3, -0.25) is 9.59 Å². The molecule has 0 fully saturated rings. The first kappa shape index (κ1) is 19.4. The van der Waals surface area contributed by atoms with Crippen LogP contribution in [-0.2, 0) is 16.1 Å². The van der Waals surface area contributed by atoms with Crippen molar-refractivity contribution in [1.82, 2.24) is 5.32 Å². The molecule has 5 nitrogen and oxygen atoms in total. The van der Waals surface area contributed by atoms with E-state index in [1.54, 1.807) is 47.8 Å². The van der Waals surface area contributed by atoms with Crippen LogP contribution in [0.3, 0.4) is 0 Å². The van der Waals surface area contributed by atoms with E-state index >= 15 is 0 Å². The van der Waals surface area contributed by atoms with Crippen molar-refractivity contribution in [2.45, 2.75) is 6.54 Å². The summed E-state index contributed by atoms with van der Waals surface area (Å²) in [6.45, 7) is -0.550. The Morgan fingerprint density at radius 1 is 0.929 bits per heavy atom. The molecule has 1 aromatic heterocycles. The number of ketones is 1. The minimum absolute atomic E-state index is 0.0174. The average molecular weight is 397 g/mol. The number of hydrogen-bond acceptors (Lipinski definition) is 5. The predicted octanol–water partition coefficient (Wildman–Crippen LogP) is 3.59. The summed E-state index contributed by atoms with van der Waals surface area (Å²) >= 11 is 1.27. The van der Waals surface area contributed by atoms with E-state index in [4.69, 9.17) is 4.74 Å². The van der Waals surface area contributed by atoms with Crippen molar-refractivity contribution < 1.29 is 23.5 Å².